The topological polar surface area (TPSA) is 64.3 Å². The highest BCUT2D eigenvalue weighted by Crippen LogP contribution is 2.15. The molecule has 0 saturated heterocycles. The summed E-state index contributed by atoms with van der Waals surface area (Å²) in [5.74, 6) is 0.573. The number of benzene rings is 2. The van der Waals surface area contributed by atoms with E-state index >= 15 is 0 Å². The minimum atomic E-state index is -0.138. The Balaban J connectivity index is 2.02. The van der Waals surface area contributed by atoms with Gasteiger partial charge in [-0.2, -0.15) is 0 Å². The number of nitrogens with two attached hydrogens (primary N) is 1. The highest BCUT2D eigenvalue weighted by Gasteiger charge is 2.06. The molecule has 0 spiro atoms. The van der Waals surface area contributed by atoms with Gasteiger partial charge in [0.2, 0.25) is 0 Å². The van der Waals surface area contributed by atoms with Crippen LogP contribution in [0.4, 0.5) is 5.69 Å². The van der Waals surface area contributed by atoms with Gasteiger partial charge in [0.15, 0.2) is 0 Å². The van der Waals surface area contributed by atoms with Crippen LogP contribution in [-0.4, -0.2) is 19.1 Å². The van der Waals surface area contributed by atoms with E-state index in [0.29, 0.717) is 24.5 Å². The van der Waals surface area contributed by atoms with Crippen molar-refractivity contribution in [1.29, 1.82) is 0 Å². The van der Waals surface area contributed by atoms with Crippen LogP contribution in [0.3, 0.4) is 0 Å². The molecule has 0 bridgehead atoms. The third kappa shape index (κ3) is 3.83. The van der Waals surface area contributed by atoms with Gasteiger partial charge in [0.05, 0.1) is 0 Å². The number of anilines is 1. The maximum atomic E-state index is 12.1. The molecular weight excluding hydrogens is 252 g/mol. The number of aryl methyl sites for hydroxylation is 1. The summed E-state index contributed by atoms with van der Waals surface area (Å²) in [4.78, 5) is 12.1. The normalized spacial score (nSPS) is 10.1. The standard InChI is InChI=1S/C16H18N2O2/c1-12-3-2-4-14(11-12)18-16(19)13-5-7-15(8-6-13)20-10-9-17/h2-8,11H,9-10,17H2,1H3,(H,18,19). The van der Waals surface area contributed by atoms with E-state index in [1.807, 2.05) is 31.2 Å². The van der Waals surface area contributed by atoms with Gasteiger partial charge in [-0.1, -0.05) is 12.1 Å². The van der Waals surface area contributed by atoms with Gasteiger partial charge >= 0.3 is 0 Å². The van der Waals surface area contributed by atoms with E-state index in [1.165, 1.54) is 0 Å². The predicted molar refractivity (Wildman–Crippen MR) is 80.1 cm³/mol. The van der Waals surface area contributed by atoms with Crippen LogP contribution < -0.4 is 15.8 Å². The molecular formula is C16H18N2O2. The van der Waals surface area contributed by atoms with Crippen LogP contribution in [0.25, 0.3) is 0 Å². The van der Waals surface area contributed by atoms with Crippen LogP contribution in [0.1, 0.15) is 15.9 Å². The van der Waals surface area contributed by atoms with E-state index in [9.17, 15) is 4.79 Å². The molecule has 0 saturated carbocycles. The second kappa shape index (κ2) is 6.73. The van der Waals surface area contributed by atoms with Crippen molar-refractivity contribution in [2.45, 2.75) is 6.92 Å². The first-order valence-electron chi connectivity index (χ1n) is 6.50. The smallest absolute Gasteiger partial charge is 0.255 e. The van der Waals surface area contributed by atoms with E-state index < -0.39 is 0 Å². The average Bonchev–Trinajstić information content (AvgIpc) is 2.45. The van der Waals surface area contributed by atoms with Gasteiger partial charge in [0, 0.05) is 17.8 Å². The molecule has 0 fully saturated rings. The van der Waals surface area contributed by atoms with Crippen molar-refractivity contribution >= 4 is 11.6 Å². The molecule has 0 atom stereocenters. The summed E-state index contributed by atoms with van der Waals surface area (Å²) < 4.78 is 5.37. The van der Waals surface area contributed by atoms with Gasteiger partial charge < -0.3 is 15.8 Å². The molecule has 0 aliphatic heterocycles. The molecule has 4 heteroatoms. The minimum absolute atomic E-state index is 0.138. The summed E-state index contributed by atoms with van der Waals surface area (Å²) in [5.41, 5.74) is 7.85. The second-order valence-corrected chi connectivity index (χ2v) is 4.49. The van der Waals surface area contributed by atoms with Gasteiger partial charge in [-0.3, -0.25) is 4.79 Å². The average molecular weight is 270 g/mol. The number of hydrogen-bond acceptors (Lipinski definition) is 3. The number of amides is 1. The largest absolute Gasteiger partial charge is 0.492 e. The molecule has 0 aromatic heterocycles. The van der Waals surface area contributed by atoms with Gasteiger partial charge in [0.1, 0.15) is 12.4 Å². The van der Waals surface area contributed by atoms with Crippen LogP contribution >= 0.6 is 0 Å². The summed E-state index contributed by atoms with van der Waals surface area (Å²) in [6.45, 7) is 2.92. The zero-order valence-corrected chi connectivity index (χ0v) is 11.4. The molecule has 2 aromatic carbocycles. The Morgan fingerprint density at radius 3 is 2.60 bits per heavy atom. The fraction of sp³-hybridized carbons (Fsp3) is 0.188. The van der Waals surface area contributed by atoms with Crippen molar-refractivity contribution < 1.29 is 9.53 Å². The summed E-state index contributed by atoms with van der Waals surface area (Å²) in [6, 6.07) is 14.7. The molecule has 0 aliphatic rings. The van der Waals surface area contributed by atoms with E-state index in [-0.39, 0.29) is 5.91 Å². The molecule has 2 rings (SSSR count). The Morgan fingerprint density at radius 1 is 1.20 bits per heavy atom. The number of nitrogens with one attached hydrogen (secondary N) is 1. The molecule has 0 aliphatic carbocycles. The molecule has 4 nitrogen and oxygen atoms in total. The summed E-state index contributed by atoms with van der Waals surface area (Å²) in [6.07, 6.45) is 0. The lowest BCUT2D eigenvalue weighted by molar-refractivity contribution is 0.102. The first kappa shape index (κ1) is 14.1. The minimum Gasteiger partial charge on any atom is -0.492 e. The van der Waals surface area contributed by atoms with Crippen LogP contribution in [0.5, 0.6) is 5.75 Å². The van der Waals surface area contributed by atoms with Crippen LogP contribution in [0, 0.1) is 6.92 Å². The van der Waals surface area contributed by atoms with Crippen molar-refractivity contribution in [3.05, 3.63) is 59.7 Å². The molecule has 2 aromatic rings. The first-order valence-corrected chi connectivity index (χ1v) is 6.50. The Morgan fingerprint density at radius 2 is 1.95 bits per heavy atom. The highest BCUT2D eigenvalue weighted by atomic mass is 16.5. The first-order chi connectivity index (χ1) is 9.69. The number of carbonyl (C=O) groups is 1. The van der Waals surface area contributed by atoms with Crippen LogP contribution in [0.15, 0.2) is 48.5 Å². The zero-order chi connectivity index (χ0) is 14.4. The zero-order valence-electron chi connectivity index (χ0n) is 11.4. The molecule has 1 amide bonds. The Hall–Kier alpha value is -2.33. The fourth-order valence-electron chi connectivity index (χ4n) is 1.81. The highest BCUT2D eigenvalue weighted by molar-refractivity contribution is 6.04. The Labute approximate surface area is 118 Å². The third-order valence-corrected chi connectivity index (χ3v) is 2.78. The lowest BCUT2D eigenvalue weighted by Crippen LogP contribution is -2.12. The molecule has 3 N–H and O–H groups in total. The molecule has 104 valence electrons. The van der Waals surface area contributed by atoms with Crippen molar-refractivity contribution in [3.63, 3.8) is 0 Å². The van der Waals surface area contributed by atoms with Gasteiger partial charge in [0.25, 0.3) is 5.91 Å². The van der Waals surface area contributed by atoms with E-state index in [0.717, 1.165) is 11.3 Å². The number of carbonyl (C=O) groups excluding carboxylic acids is 1. The van der Waals surface area contributed by atoms with Crippen molar-refractivity contribution in [2.75, 3.05) is 18.5 Å². The van der Waals surface area contributed by atoms with Gasteiger partial charge in [-0.15, -0.1) is 0 Å². The molecule has 0 radical (unpaired) electrons. The van der Waals surface area contributed by atoms with Crippen LogP contribution in [0.2, 0.25) is 0 Å². The third-order valence-electron chi connectivity index (χ3n) is 2.78. The Kier molecular flexibility index (Phi) is 4.74. The molecule has 0 heterocycles. The molecule has 0 unspecified atom stereocenters. The van der Waals surface area contributed by atoms with E-state index in [4.69, 9.17) is 10.5 Å². The maximum Gasteiger partial charge on any atom is 0.255 e. The predicted octanol–water partition coefficient (Wildman–Crippen LogP) is 2.58. The number of rotatable bonds is 5. The lowest BCUT2D eigenvalue weighted by atomic mass is 10.2. The van der Waals surface area contributed by atoms with E-state index in [1.54, 1.807) is 24.3 Å². The summed E-state index contributed by atoms with van der Waals surface area (Å²) >= 11 is 0. The number of hydrogen-bond donors (Lipinski definition) is 2. The fourth-order valence-corrected chi connectivity index (χ4v) is 1.81. The monoisotopic (exact) mass is 270 g/mol. The molecule has 20 heavy (non-hydrogen) atoms. The second-order valence-electron chi connectivity index (χ2n) is 4.49. The van der Waals surface area contributed by atoms with Crippen molar-refractivity contribution in [2.24, 2.45) is 5.73 Å². The van der Waals surface area contributed by atoms with Crippen molar-refractivity contribution in [1.82, 2.24) is 0 Å². The summed E-state index contributed by atoms with van der Waals surface area (Å²) in [7, 11) is 0. The quantitative estimate of drug-likeness (QED) is 0.877. The Bertz CT molecular complexity index is 579. The SMILES string of the molecule is Cc1cccc(NC(=O)c2ccc(OCCN)cc2)c1. The summed E-state index contributed by atoms with van der Waals surface area (Å²) in [5, 5.41) is 2.86. The number of ether oxygens (including phenoxy) is 1. The van der Waals surface area contributed by atoms with Crippen LogP contribution in [-0.2, 0) is 0 Å². The van der Waals surface area contributed by atoms with E-state index in [2.05, 4.69) is 5.32 Å². The van der Waals surface area contributed by atoms with Crippen molar-refractivity contribution in [3.8, 4) is 5.75 Å². The lowest BCUT2D eigenvalue weighted by Gasteiger charge is -2.07. The van der Waals surface area contributed by atoms with Gasteiger partial charge in [-0.05, 0) is 48.9 Å². The van der Waals surface area contributed by atoms with Gasteiger partial charge in [-0.25, -0.2) is 0 Å². The maximum absolute atomic E-state index is 12.1.